The van der Waals surface area contributed by atoms with Crippen LogP contribution in [0.2, 0.25) is 0 Å². The normalized spacial score (nSPS) is 11.6. The summed E-state index contributed by atoms with van der Waals surface area (Å²) in [5.74, 6) is -2.13. The maximum atomic E-state index is 14.4. The van der Waals surface area contributed by atoms with Crippen LogP contribution >= 0.6 is 0 Å². The molecule has 0 aliphatic rings. The van der Waals surface area contributed by atoms with Gasteiger partial charge in [-0.25, -0.2) is 13.9 Å². The van der Waals surface area contributed by atoms with Crippen LogP contribution < -0.4 is 11.1 Å². The fourth-order valence-electron chi connectivity index (χ4n) is 2.30. The number of halogens is 5. The molecule has 130 valence electrons. The van der Waals surface area contributed by atoms with Gasteiger partial charge >= 0.3 is 6.18 Å². The Labute approximate surface area is 137 Å². The van der Waals surface area contributed by atoms with Gasteiger partial charge in [0.1, 0.15) is 11.6 Å². The van der Waals surface area contributed by atoms with Crippen LogP contribution in [0.5, 0.6) is 0 Å². The van der Waals surface area contributed by atoms with Gasteiger partial charge in [-0.2, -0.15) is 18.2 Å². The second kappa shape index (κ2) is 6.04. The highest BCUT2D eigenvalue weighted by atomic mass is 19.4. The summed E-state index contributed by atoms with van der Waals surface area (Å²) in [6.07, 6.45) is -4.86. The smallest absolute Gasteiger partial charge is 0.368 e. The molecule has 0 aliphatic heterocycles. The zero-order valence-electron chi connectivity index (χ0n) is 12.3. The summed E-state index contributed by atoms with van der Waals surface area (Å²) in [5, 5.41) is 8.31. The van der Waals surface area contributed by atoms with E-state index in [9.17, 15) is 22.0 Å². The fourth-order valence-corrected chi connectivity index (χ4v) is 2.30. The first kappa shape index (κ1) is 16.7. The van der Waals surface area contributed by atoms with E-state index < -0.39 is 28.9 Å². The third kappa shape index (κ3) is 3.52. The van der Waals surface area contributed by atoms with Crippen LogP contribution in [0.4, 0.5) is 39.5 Å². The molecule has 0 radical (unpaired) electrons. The number of aromatic amines is 1. The third-order valence-electron chi connectivity index (χ3n) is 3.27. The average Bonchev–Trinajstić information content (AvgIpc) is 2.91. The monoisotopic (exact) mass is 355 g/mol. The maximum Gasteiger partial charge on any atom is 0.417 e. The molecule has 25 heavy (non-hydrogen) atoms. The number of nitrogens with one attached hydrogen (secondary N) is 2. The summed E-state index contributed by atoms with van der Waals surface area (Å²) in [6, 6.07) is 5.81. The van der Waals surface area contributed by atoms with Gasteiger partial charge in [-0.05, 0) is 29.8 Å². The van der Waals surface area contributed by atoms with Gasteiger partial charge in [-0.1, -0.05) is 12.1 Å². The van der Waals surface area contributed by atoms with Gasteiger partial charge in [0.05, 0.1) is 5.56 Å². The summed E-state index contributed by atoms with van der Waals surface area (Å²) >= 11 is 0. The van der Waals surface area contributed by atoms with Crippen molar-refractivity contribution >= 4 is 17.6 Å². The third-order valence-corrected chi connectivity index (χ3v) is 3.27. The standard InChI is InChI=1S/C15H10F5N5/c16-8-3-1-2-7(4-8)12-10(15(18,19)20)5-9(6-11(12)17)22-14-23-13(21)24-25-14/h1-6H,(H4,21,22,23,24,25). The number of benzene rings is 2. The van der Waals surface area contributed by atoms with E-state index in [1.54, 1.807) is 0 Å². The predicted molar refractivity (Wildman–Crippen MR) is 80.9 cm³/mol. The number of nitrogens with zero attached hydrogens (tertiary/aromatic N) is 2. The van der Waals surface area contributed by atoms with E-state index in [2.05, 4.69) is 20.5 Å². The molecule has 1 heterocycles. The molecular weight excluding hydrogens is 345 g/mol. The molecule has 3 rings (SSSR count). The van der Waals surface area contributed by atoms with Crippen LogP contribution in [-0.4, -0.2) is 15.2 Å². The van der Waals surface area contributed by atoms with E-state index in [4.69, 9.17) is 5.73 Å². The highest BCUT2D eigenvalue weighted by Gasteiger charge is 2.36. The van der Waals surface area contributed by atoms with Gasteiger partial charge in [0.15, 0.2) is 0 Å². The van der Waals surface area contributed by atoms with E-state index in [1.807, 2.05) is 0 Å². The van der Waals surface area contributed by atoms with Gasteiger partial charge in [-0.3, -0.25) is 0 Å². The van der Waals surface area contributed by atoms with Crippen LogP contribution in [0.1, 0.15) is 5.56 Å². The topological polar surface area (TPSA) is 79.6 Å². The Balaban J connectivity index is 2.12. The maximum absolute atomic E-state index is 14.4. The van der Waals surface area contributed by atoms with E-state index in [0.29, 0.717) is 6.07 Å². The number of hydrogen-bond donors (Lipinski definition) is 3. The Hall–Kier alpha value is -3.17. The van der Waals surface area contributed by atoms with Crippen molar-refractivity contribution in [3.8, 4) is 11.1 Å². The molecular formula is C15H10F5N5. The molecule has 0 aliphatic carbocycles. The molecule has 0 atom stereocenters. The molecule has 10 heteroatoms. The lowest BCUT2D eigenvalue weighted by atomic mass is 9.97. The largest absolute Gasteiger partial charge is 0.417 e. The molecule has 1 aromatic heterocycles. The molecule has 0 unspecified atom stereocenters. The molecule has 2 aromatic carbocycles. The second-order valence-electron chi connectivity index (χ2n) is 5.06. The lowest BCUT2D eigenvalue weighted by Gasteiger charge is -2.16. The zero-order valence-corrected chi connectivity index (χ0v) is 12.3. The minimum Gasteiger partial charge on any atom is -0.368 e. The minimum absolute atomic E-state index is 0.0598. The van der Waals surface area contributed by atoms with Crippen LogP contribution in [-0.2, 0) is 6.18 Å². The first-order chi connectivity index (χ1) is 11.7. The summed E-state index contributed by atoms with van der Waals surface area (Å²) in [4.78, 5) is 3.67. The summed E-state index contributed by atoms with van der Waals surface area (Å²) in [6.45, 7) is 0. The van der Waals surface area contributed by atoms with E-state index >= 15 is 0 Å². The number of alkyl halides is 3. The van der Waals surface area contributed by atoms with Crippen molar-refractivity contribution in [2.24, 2.45) is 0 Å². The SMILES string of the molecule is Nc1nc(Nc2cc(F)c(-c3cccc(F)c3)c(C(F)(F)F)c2)n[nH]1. The molecule has 5 nitrogen and oxygen atoms in total. The Kier molecular flexibility index (Phi) is 4.03. The molecule has 0 spiro atoms. The number of nitrogens with two attached hydrogens (primary N) is 1. The Morgan fingerprint density at radius 3 is 2.44 bits per heavy atom. The first-order valence-corrected chi connectivity index (χ1v) is 6.85. The van der Waals surface area contributed by atoms with Gasteiger partial charge in [0, 0.05) is 11.3 Å². The van der Waals surface area contributed by atoms with Gasteiger partial charge in [0.25, 0.3) is 0 Å². The van der Waals surface area contributed by atoms with Crippen LogP contribution in [0, 0.1) is 11.6 Å². The lowest BCUT2D eigenvalue weighted by molar-refractivity contribution is -0.137. The predicted octanol–water partition coefficient (Wildman–Crippen LogP) is 4.09. The van der Waals surface area contributed by atoms with Gasteiger partial charge in [0.2, 0.25) is 11.9 Å². The fraction of sp³-hybridized carbons (Fsp3) is 0.0667. The number of aromatic nitrogens is 3. The molecule has 3 aromatic rings. The highest BCUT2D eigenvalue weighted by Crippen LogP contribution is 2.40. The average molecular weight is 355 g/mol. The van der Waals surface area contributed by atoms with Crippen molar-refractivity contribution in [1.29, 1.82) is 0 Å². The van der Waals surface area contributed by atoms with Crippen LogP contribution in [0.3, 0.4) is 0 Å². The quantitative estimate of drug-likeness (QED) is 0.618. The Morgan fingerprint density at radius 2 is 1.84 bits per heavy atom. The van der Waals surface area contributed by atoms with Crippen molar-refractivity contribution in [3.63, 3.8) is 0 Å². The van der Waals surface area contributed by atoms with Crippen molar-refractivity contribution in [2.75, 3.05) is 11.1 Å². The molecule has 0 saturated heterocycles. The van der Waals surface area contributed by atoms with Crippen LogP contribution in [0.15, 0.2) is 36.4 Å². The summed E-state index contributed by atoms with van der Waals surface area (Å²) in [5.41, 5.74) is 2.86. The van der Waals surface area contributed by atoms with Crippen molar-refractivity contribution in [1.82, 2.24) is 15.2 Å². The zero-order chi connectivity index (χ0) is 18.2. The Morgan fingerprint density at radius 1 is 1.08 bits per heavy atom. The number of rotatable bonds is 3. The number of hydrogen-bond acceptors (Lipinski definition) is 4. The van der Waals surface area contributed by atoms with Gasteiger partial charge in [-0.15, -0.1) is 5.10 Å². The summed E-state index contributed by atoms with van der Waals surface area (Å²) < 4.78 is 67.9. The van der Waals surface area contributed by atoms with E-state index in [0.717, 1.165) is 18.2 Å². The van der Waals surface area contributed by atoms with Crippen molar-refractivity contribution in [3.05, 3.63) is 53.6 Å². The minimum atomic E-state index is -4.86. The molecule has 0 bridgehead atoms. The molecule has 0 fully saturated rings. The number of H-pyrrole nitrogens is 1. The summed E-state index contributed by atoms with van der Waals surface area (Å²) in [7, 11) is 0. The van der Waals surface area contributed by atoms with Crippen molar-refractivity contribution < 1.29 is 22.0 Å². The van der Waals surface area contributed by atoms with E-state index in [-0.39, 0.29) is 23.1 Å². The number of nitrogen functional groups attached to an aromatic ring is 1. The van der Waals surface area contributed by atoms with Crippen molar-refractivity contribution in [2.45, 2.75) is 6.18 Å². The lowest BCUT2D eigenvalue weighted by Crippen LogP contribution is -2.10. The first-order valence-electron chi connectivity index (χ1n) is 6.85. The number of anilines is 3. The second-order valence-corrected chi connectivity index (χ2v) is 5.06. The molecule has 0 saturated carbocycles. The van der Waals surface area contributed by atoms with Crippen LogP contribution in [0.25, 0.3) is 11.1 Å². The highest BCUT2D eigenvalue weighted by molar-refractivity contribution is 5.73. The van der Waals surface area contributed by atoms with Gasteiger partial charge < -0.3 is 11.1 Å². The Bertz CT molecular complexity index is 919. The molecule has 0 amide bonds. The molecule has 4 N–H and O–H groups in total. The van der Waals surface area contributed by atoms with E-state index in [1.165, 1.54) is 12.1 Å².